The summed E-state index contributed by atoms with van der Waals surface area (Å²) in [6, 6.07) is -0.537. The molecule has 0 bridgehead atoms. The van der Waals surface area contributed by atoms with Crippen molar-refractivity contribution in [3.05, 3.63) is 0 Å². The molecule has 0 unspecified atom stereocenters. The number of carbonyl (C=O) groups is 2. The minimum atomic E-state index is -1.83. The summed E-state index contributed by atoms with van der Waals surface area (Å²) in [5.41, 5.74) is -2.20. The first kappa shape index (κ1) is 16.9. The summed E-state index contributed by atoms with van der Waals surface area (Å²) in [5, 5.41) is 12.7. The van der Waals surface area contributed by atoms with E-state index in [1.807, 2.05) is 27.7 Å². The number of hydrogen-bond donors (Lipinski definition) is 2. The summed E-state index contributed by atoms with van der Waals surface area (Å²) in [5.74, 6) is -0.889. The Bertz CT molecular complexity index is 378. The maximum Gasteiger partial charge on any atom is 0.278 e. The van der Waals surface area contributed by atoms with E-state index in [0.29, 0.717) is 6.54 Å². The number of carbonyl (C=O) groups excluding carboxylic acids is 2. The first-order chi connectivity index (χ1) is 9.12. The number of rotatable bonds is 6. The number of hydrogen-bond acceptors (Lipinski definition) is 4. The molecule has 0 aliphatic carbocycles. The van der Waals surface area contributed by atoms with E-state index in [0.717, 1.165) is 12.8 Å². The molecule has 1 fully saturated rings. The van der Waals surface area contributed by atoms with Gasteiger partial charge >= 0.3 is 0 Å². The monoisotopic (exact) mass is 286 g/mol. The third-order valence-electron chi connectivity index (χ3n) is 3.24. The van der Waals surface area contributed by atoms with Gasteiger partial charge in [0.1, 0.15) is 6.04 Å². The van der Waals surface area contributed by atoms with E-state index in [1.54, 1.807) is 4.90 Å². The lowest BCUT2D eigenvalue weighted by molar-refractivity contribution is -0.211. The van der Waals surface area contributed by atoms with Crippen molar-refractivity contribution >= 4 is 11.8 Å². The van der Waals surface area contributed by atoms with Gasteiger partial charge in [-0.05, 0) is 27.2 Å². The molecule has 0 radical (unpaired) electrons. The van der Waals surface area contributed by atoms with Crippen molar-refractivity contribution in [3.8, 4) is 0 Å². The van der Waals surface area contributed by atoms with Crippen LogP contribution in [0.5, 0.6) is 0 Å². The maximum atomic E-state index is 12.1. The highest BCUT2D eigenvalue weighted by Crippen LogP contribution is 2.30. The predicted molar refractivity (Wildman–Crippen MR) is 74.9 cm³/mol. The topological polar surface area (TPSA) is 78.9 Å². The van der Waals surface area contributed by atoms with Gasteiger partial charge in [-0.1, -0.05) is 13.3 Å². The van der Waals surface area contributed by atoms with Gasteiger partial charge in [0.25, 0.3) is 5.91 Å². The van der Waals surface area contributed by atoms with Crippen LogP contribution in [0.4, 0.5) is 0 Å². The van der Waals surface area contributed by atoms with Crippen LogP contribution < -0.4 is 5.32 Å². The molecular weight excluding hydrogens is 260 g/mol. The third-order valence-corrected chi connectivity index (χ3v) is 3.24. The second kappa shape index (κ2) is 6.10. The van der Waals surface area contributed by atoms with Crippen LogP contribution in [-0.4, -0.2) is 52.3 Å². The lowest BCUT2D eigenvalue weighted by Crippen LogP contribution is -2.81. The molecule has 0 aromatic carbocycles. The highest BCUT2D eigenvalue weighted by molar-refractivity contribution is 5.95. The van der Waals surface area contributed by atoms with Crippen molar-refractivity contribution in [1.82, 2.24) is 10.2 Å². The number of amides is 2. The van der Waals surface area contributed by atoms with Crippen LogP contribution in [0.15, 0.2) is 0 Å². The van der Waals surface area contributed by atoms with Crippen LogP contribution in [-0.2, 0) is 14.3 Å². The van der Waals surface area contributed by atoms with E-state index in [1.165, 1.54) is 6.92 Å². The second-order valence-corrected chi connectivity index (χ2v) is 6.24. The molecule has 0 aromatic rings. The van der Waals surface area contributed by atoms with Gasteiger partial charge in [0, 0.05) is 13.5 Å². The van der Waals surface area contributed by atoms with Gasteiger partial charge < -0.3 is 20.1 Å². The SMILES string of the molecule is CCCCN1C(=O)[C@](O)(NC(C)=O)[C@H]1COC(C)(C)C. The number of aliphatic hydroxyl groups is 1. The molecule has 1 heterocycles. The zero-order chi connectivity index (χ0) is 15.6. The van der Waals surface area contributed by atoms with Gasteiger partial charge in [0.05, 0.1) is 12.2 Å². The summed E-state index contributed by atoms with van der Waals surface area (Å²) in [7, 11) is 0. The largest absolute Gasteiger partial charge is 0.374 e. The summed E-state index contributed by atoms with van der Waals surface area (Å²) in [6.45, 7) is 9.78. The number of nitrogens with zero attached hydrogens (tertiary/aromatic N) is 1. The Morgan fingerprint density at radius 2 is 2.10 bits per heavy atom. The molecule has 1 saturated heterocycles. The van der Waals surface area contributed by atoms with E-state index < -0.39 is 23.6 Å². The van der Waals surface area contributed by atoms with Gasteiger partial charge in [-0.2, -0.15) is 0 Å². The van der Waals surface area contributed by atoms with Crippen LogP contribution in [0.3, 0.4) is 0 Å². The van der Waals surface area contributed by atoms with Crippen LogP contribution in [0, 0.1) is 0 Å². The third kappa shape index (κ3) is 3.70. The molecule has 6 nitrogen and oxygen atoms in total. The lowest BCUT2D eigenvalue weighted by Gasteiger charge is -2.52. The zero-order valence-electron chi connectivity index (χ0n) is 13.0. The Morgan fingerprint density at radius 3 is 2.55 bits per heavy atom. The smallest absolute Gasteiger partial charge is 0.278 e. The van der Waals surface area contributed by atoms with E-state index in [2.05, 4.69) is 5.32 Å². The van der Waals surface area contributed by atoms with Gasteiger partial charge in [-0.25, -0.2) is 0 Å². The minimum absolute atomic E-state index is 0.190. The number of unbranched alkanes of at least 4 members (excludes halogenated alkanes) is 1. The molecule has 20 heavy (non-hydrogen) atoms. The highest BCUT2D eigenvalue weighted by atomic mass is 16.5. The number of likely N-dealkylation sites (tertiary alicyclic amines) is 1. The first-order valence-corrected chi connectivity index (χ1v) is 7.08. The average molecular weight is 286 g/mol. The zero-order valence-corrected chi connectivity index (χ0v) is 13.0. The lowest BCUT2D eigenvalue weighted by atomic mass is 9.90. The molecule has 2 N–H and O–H groups in total. The van der Waals surface area contributed by atoms with Crippen LogP contribution >= 0.6 is 0 Å². The highest BCUT2D eigenvalue weighted by Gasteiger charge is 2.60. The molecule has 2 atom stereocenters. The number of nitrogens with one attached hydrogen (secondary N) is 1. The fraction of sp³-hybridized carbons (Fsp3) is 0.857. The summed E-state index contributed by atoms with van der Waals surface area (Å²) in [6.07, 6.45) is 1.81. The van der Waals surface area contributed by atoms with E-state index in [9.17, 15) is 14.7 Å². The Morgan fingerprint density at radius 1 is 1.50 bits per heavy atom. The molecule has 116 valence electrons. The van der Waals surface area contributed by atoms with Crippen molar-refractivity contribution in [3.63, 3.8) is 0 Å². The van der Waals surface area contributed by atoms with Crippen molar-refractivity contribution < 1.29 is 19.4 Å². The first-order valence-electron chi connectivity index (χ1n) is 7.08. The van der Waals surface area contributed by atoms with Crippen LogP contribution in [0.25, 0.3) is 0 Å². The summed E-state index contributed by atoms with van der Waals surface area (Å²) < 4.78 is 5.66. The molecule has 0 saturated carbocycles. The molecule has 0 spiro atoms. The fourth-order valence-electron chi connectivity index (χ4n) is 2.19. The normalized spacial score (nSPS) is 26.4. The van der Waals surface area contributed by atoms with Crippen molar-refractivity contribution in [2.24, 2.45) is 0 Å². The van der Waals surface area contributed by atoms with Crippen LogP contribution in [0.1, 0.15) is 47.5 Å². The van der Waals surface area contributed by atoms with Crippen molar-refractivity contribution in [2.75, 3.05) is 13.2 Å². The van der Waals surface area contributed by atoms with E-state index >= 15 is 0 Å². The van der Waals surface area contributed by atoms with Crippen molar-refractivity contribution in [1.29, 1.82) is 0 Å². The Hall–Kier alpha value is -1.14. The Kier molecular flexibility index (Phi) is 5.15. The second-order valence-electron chi connectivity index (χ2n) is 6.24. The summed E-state index contributed by atoms with van der Waals surface area (Å²) >= 11 is 0. The fourth-order valence-corrected chi connectivity index (χ4v) is 2.19. The van der Waals surface area contributed by atoms with Gasteiger partial charge in [0.2, 0.25) is 11.6 Å². The Balaban J connectivity index is 2.78. The minimum Gasteiger partial charge on any atom is -0.374 e. The van der Waals surface area contributed by atoms with E-state index in [-0.39, 0.29) is 12.2 Å². The van der Waals surface area contributed by atoms with Gasteiger partial charge in [-0.15, -0.1) is 0 Å². The average Bonchev–Trinajstić information content (AvgIpc) is 2.30. The van der Waals surface area contributed by atoms with Gasteiger partial charge in [0.15, 0.2) is 0 Å². The summed E-state index contributed by atoms with van der Waals surface area (Å²) in [4.78, 5) is 24.8. The maximum absolute atomic E-state index is 12.1. The Labute approximate surface area is 120 Å². The molecule has 1 rings (SSSR count). The standard InChI is InChI=1S/C14H26N2O4/c1-6-7-8-16-11(9-20-13(3,4)5)14(19,12(16)18)15-10(2)17/h11,19H,6-9H2,1-5H3,(H,15,17)/t11-,14+/m1/s1. The number of ether oxygens (including phenoxy) is 1. The van der Waals surface area contributed by atoms with Gasteiger partial charge in [-0.3, -0.25) is 9.59 Å². The number of β-lactam (4-membered cyclic amide) rings is 1. The van der Waals surface area contributed by atoms with E-state index in [4.69, 9.17) is 4.74 Å². The quantitative estimate of drug-likeness (QED) is 0.555. The molecule has 0 aromatic heterocycles. The molecular formula is C14H26N2O4. The molecule has 1 aliphatic rings. The molecule has 2 amide bonds. The molecule has 1 aliphatic heterocycles. The molecule has 6 heteroatoms. The predicted octanol–water partition coefficient (Wildman–Crippen LogP) is 0.637. The van der Waals surface area contributed by atoms with Crippen LogP contribution in [0.2, 0.25) is 0 Å². The van der Waals surface area contributed by atoms with Crippen molar-refractivity contribution in [2.45, 2.75) is 64.8 Å².